The van der Waals surface area contributed by atoms with Gasteiger partial charge in [0.1, 0.15) is 29.5 Å². The van der Waals surface area contributed by atoms with Gasteiger partial charge in [-0.3, -0.25) is 19.1 Å². The minimum Gasteiger partial charge on any atom is -0.494 e. The third kappa shape index (κ3) is 7.77. The van der Waals surface area contributed by atoms with E-state index in [2.05, 4.69) is 26.9 Å². The van der Waals surface area contributed by atoms with Crippen LogP contribution in [0, 0.1) is 11.3 Å². The first kappa shape index (κ1) is 37.9. The van der Waals surface area contributed by atoms with Crippen molar-refractivity contribution in [2.24, 2.45) is 11.3 Å². The molecule has 6 rings (SSSR count). The largest absolute Gasteiger partial charge is 0.494 e. The predicted molar refractivity (Wildman–Crippen MR) is 197 cm³/mol. The molecule has 5 atom stereocenters. The number of aromatic nitrogens is 1. The van der Waals surface area contributed by atoms with Gasteiger partial charge in [0, 0.05) is 33.8 Å². The number of fused-ring (bicyclic) bond motifs is 1. The van der Waals surface area contributed by atoms with Gasteiger partial charge in [-0.2, -0.15) is 0 Å². The normalized spacial score (nSPS) is 23.1. The molecule has 2 saturated carbocycles. The van der Waals surface area contributed by atoms with Gasteiger partial charge in [0.05, 0.1) is 30.7 Å². The van der Waals surface area contributed by atoms with E-state index in [4.69, 9.17) is 21.1 Å². The van der Waals surface area contributed by atoms with Gasteiger partial charge >= 0.3 is 5.97 Å². The SMILES string of the molecule is C=C[C@@H]1C[C@]1(NC(=O)[C@@H]1C[C@@H](Oc2ncc(OC)c3ccc(Cl)cc23)CN1C(=O)C(Nc1ccc(C(=O)O)cc1)C(C)(C)C)C(=O)NS(=O)(=O)C1CC1. The van der Waals surface area contributed by atoms with Gasteiger partial charge in [-0.25, -0.2) is 18.2 Å². The molecule has 14 nitrogen and oxygen atoms in total. The summed E-state index contributed by atoms with van der Waals surface area (Å²) in [5, 5.41) is 16.4. The van der Waals surface area contributed by atoms with Gasteiger partial charge in [0.2, 0.25) is 27.7 Å². The van der Waals surface area contributed by atoms with Crippen LogP contribution in [0.25, 0.3) is 10.8 Å². The van der Waals surface area contributed by atoms with Gasteiger partial charge in [-0.05, 0) is 67.1 Å². The number of aromatic carboxylic acids is 1. The third-order valence-electron chi connectivity index (χ3n) is 9.93. The lowest BCUT2D eigenvalue weighted by atomic mass is 9.85. The molecular formula is C37H42ClN5O9S. The van der Waals surface area contributed by atoms with E-state index >= 15 is 0 Å². The van der Waals surface area contributed by atoms with Crippen molar-refractivity contribution in [3.63, 3.8) is 0 Å². The number of sulfonamides is 1. The van der Waals surface area contributed by atoms with Crippen LogP contribution < -0.4 is 24.8 Å². The van der Waals surface area contributed by atoms with E-state index in [0.717, 1.165) is 0 Å². The highest BCUT2D eigenvalue weighted by Crippen LogP contribution is 2.46. The highest BCUT2D eigenvalue weighted by atomic mass is 35.5. The second-order valence-corrected chi connectivity index (χ2v) is 17.2. The van der Waals surface area contributed by atoms with Crippen LogP contribution >= 0.6 is 11.6 Å². The number of carbonyl (C=O) groups excluding carboxylic acids is 3. The van der Waals surface area contributed by atoms with Gasteiger partial charge in [-0.1, -0.05) is 38.4 Å². The number of hydrogen-bond acceptors (Lipinski definition) is 10. The molecule has 53 heavy (non-hydrogen) atoms. The predicted octanol–water partition coefficient (Wildman–Crippen LogP) is 4.14. The van der Waals surface area contributed by atoms with Crippen molar-refractivity contribution < 1.29 is 42.2 Å². The van der Waals surface area contributed by atoms with E-state index in [-0.39, 0.29) is 30.8 Å². The molecule has 1 aliphatic heterocycles. The van der Waals surface area contributed by atoms with Crippen molar-refractivity contribution in [1.29, 1.82) is 0 Å². The number of pyridine rings is 1. The fourth-order valence-electron chi connectivity index (χ4n) is 6.66. The number of halogens is 1. The van der Waals surface area contributed by atoms with Crippen LogP contribution in [0.4, 0.5) is 5.69 Å². The number of methoxy groups -OCH3 is 1. The minimum absolute atomic E-state index is 0.00827. The number of likely N-dealkylation sites (tertiary alicyclic amines) is 1. The summed E-state index contributed by atoms with van der Waals surface area (Å²) >= 11 is 6.33. The Bertz CT molecular complexity index is 2080. The van der Waals surface area contributed by atoms with Crippen LogP contribution in [0.3, 0.4) is 0 Å². The van der Waals surface area contributed by atoms with Crippen molar-refractivity contribution in [3.05, 3.63) is 71.9 Å². The first-order valence-electron chi connectivity index (χ1n) is 17.2. The number of carboxylic acid groups (broad SMARTS) is 1. The number of ether oxygens (including phenoxy) is 2. The second kappa shape index (κ2) is 14.2. The molecule has 2 heterocycles. The molecule has 2 aliphatic carbocycles. The van der Waals surface area contributed by atoms with Crippen LogP contribution in [-0.4, -0.2) is 89.7 Å². The number of benzene rings is 2. The molecular weight excluding hydrogens is 726 g/mol. The van der Waals surface area contributed by atoms with Gasteiger partial charge in [-0.15, -0.1) is 6.58 Å². The highest BCUT2D eigenvalue weighted by molar-refractivity contribution is 7.91. The Hall–Kier alpha value is -4.89. The Morgan fingerprint density at radius 1 is 1.11 bits per heavy atom. The zero-order valence-electron chi connectivity index (χ0n) is 29.7. The van der Waals surface area contributed by atoms with Crippen LogP contribution in [0.5, 0.6) is 11.6 Å². The molecule has 3 aliphatic rings. The standard InChI is InChI=1S/C37H42ClN5O9S/c1-6-21-17-37(21,35(48)42-53(49,50)25-12-13-25)41-31(44)28-16-24(52-32-27-15-22(38)9-14-26(27)29(51-5)18-39-32)19-43(28)33(45)30(36(2,3)4)40-23-10-7-20(8-11-23)34(46)47/h6-11,14-15,18,21,24-25,28,30,40H,1,12-13,16-17,19H2,2-5H3,(H,41,44)(H,42,48)(H,46,47)/t21-,24-,28+,30?,37-/m1/s1. The molecule has 0 radical (unpaired) electrons. The van der Waals surface area contributed by atoms with Crippen molar-refractivity contribution in [2.45, 2.75) is 75.4 Å². The van der Waals surface area contributed by atoms with Crippen LogP contribution in [0.2, 0.25) is 5.02 Å². The number of rotatable bonds is 13. The maximum absolute atomic E-state index is 14.6. The lowest BCUT2D eigenvalue weighted by molar-refractivity contribution is -0.141. The number of nitrogens with zero attached hydrogens (tertiary/aromatic N) is 2. The molecule has 16 heteroatoms. The number of anilines is 1. The van der Waals surface area contributed by atoms with E-state index < -0.39 is 74.0 Å². The summed E-state index contributed by atoms with van der Waals surface area (Å²) in [6.07, 6.45) is 3.29. The maximum Gasteiger partial charge on any atom is 0.335 e. The highest BCUT2D eigenvalue weighted by Gasteiger charge is 2.62. The van der Waals surface area contributed by atoms with Crippen molar-refractivity contribution >= 4 is 61.8 Å². The topological polar surface area (TPSA) is 193 Å². The molecule has 3 fully saturated rings. The Morgan fingerprint density at radius 3 is 2.40 bits per heavy atom. The maximum atomic E-state index is 14.6. The zero-order chi connectivity index (χ0) is 38.5. The molecule has 1 unspecified atom stereocenters. The monoisotopic (exact) mass is 767 g/mol. The number of carboxylic acids is 1. The Morgan fingerprint density at radius 2 is 1.81 bits per heavy atom. The summed E-state index contributed by atoms with van der Waals surface area (Å²) in [5.41, 5.74) is -1.71. The van der Waals surface area contributed by atoms with Gasteiger partial charge in [0.25, 0.3) is 5.91 Å². The lowest BCUT2D eigenvalue weighted by Gasteiger charge is -2.36. The van der Waals surface area contributed by atoms with Crippen LogP contribution in [0.15, 0.2) is 61.3 Å². The molecule has 3 aromatic rings. The number of amides is 3. The molecule has 0 bridgehead atoms. The fourth-order valence-corrected chi connectivity index (χ4v) is 8.20. The molecule has 0 spiro atoms. The smallest absolute Gasteiger partial charge is 0.335 e. The number of hydrogen-bond donors (Lipinski definition) is 4. The summed E-state index contributed by atoms with van der Waals surface area (Å²) in [6, 6.07) is 9.06. The fraction of sp³-hybridized carbons (Fsp3) is 0.432. The Labute approximate surface area is 312 Å². The third-order valence-corrected chi connectivity index (χ3v) is 12.0. The summed E-state index contributed by atoms with van der Waals surface area (Å²) in [5.74, 6) is -2.89. The van der Waals surface area contributed by atoms with E-state index in [0.29, 0.717) is 40.1 Å². The quantitative estimate of drug-likeness (QED) is 0.183. The number of carbonyl (C=O) groups is 4. The van der Waals surface area contributed by atoms with E-state index in [9.17, 15) is 32.7 Å². The van der Waals surface area contributed by atoms with Gasteiger partial charge < -0.3 is 30.1 Å². The summed E-state index contributed by atoms with van der Waals surface area (Å²) < 4.78 is 39.4. The molecule has 1 saturated heterocycles. The molecule has 4 N–H and O–H groups in total. The molecule has 3 amide bonds. The van der Waals surface area contributed by atoms with Crippen molar-refractivity contribution in [2.75, 3.05) is 19.0 Å². The van der Waals surface area contributed by atoms with Crippen molar-refractivity contribution in [1.82, 2.24) is 19.9 Å². The summed E-state index contributed by atoms with van der Waals surface area (Å²) in [6.45, 7) is 9.28. The van der Waals surface area contributed by atoms with E-state index in [1.807, 2.05) is 20.8 Å². The lowest BCUT2D eigenvalue weighted by Crippen LogP contribution is -2.58. The second-order valence-electron chi connectivity index (χ2n) is 14.8. The van der Waals surface area contributed by atoms with Crippen LogP contribution in [-0.2, 0) is 24.4 Å². The van der Waals surface area contributed by atoms with Crippen LogP contribution in [0.1, 0.15) is 56.8 Å². The van der Waals surface area contributed by atoms with E-state index in [1.165, 1.54) is 36.4 Å². The average molecular weight is 768 g/mol. The Balaban J connectivity index is 1.32. The summed E-state index contributed by atoms with van der Waals surface area (Å²) in [4.78, 5) is 59.7. The minimum atomic E-state index is -3.91. The summed E-state index contributed by atoms with van der Waals surface area (Å²) in [7, 11) is -2.40. The zero-order valence-corrected chi connectivity index (χ0v) is 31.3. The molecule has 1 aromatic heterocycles. The van der Waals surface area contributed by atoms with E-state index in [1.54, 1.807) is 30.3 Å². The van der Waals surface area contributed by atoms with Gasteiger partial charge in [0.15, 0.2) is 0 Å². The first-order valence-corrected chi connectivity index (χ1v) is 19.1. The molecule has 2 aromatic carbocycles. The number of nitrogens with one attached hydrogen (secondary N) is 3. The molecule has 282 valence electrons. The first-order chi connectivity index (χ1) is 25.0. The van der Waals surface area contributed by atoms with Crippen molar-refractivity contribution in [3.8, 4) is 11.6 Å². The average Bonchev–Trinajstić information content (AvgIpc) is 4.03. The Kier molecular flexibility index (Phi) is 10.1.